The van der Waals surface area contributed by atoms with E-state index >= 15 is 0 Å². The van der Waals surface area contributed by atoms with Crippen LogP contribution >= 0.6 is 12.2 Å². The molecule has 1 saturated heterocycles. The van der Waals surface area contributed by atoms with Gasteiger partial charge in [0.2, 0.25) is 0 Å². The highest BCUT2D eigenvalue weighted by atomic mass is 32.1. The fraction of sp³-hybridized carbons (Fsp3) is 0.607. The summed E-state index contributed by atoms with van der Waals surface area (Å²) in [5, 5.41) is 14.8. The Hall–Kier alpha value is -1.85. The second kappa shape index (κ2) is 12.6. The Morgan fingerprint density at radius 2 is 2.06 bits per heavy atom. The van der Waals surface area contributed by atoms with E-state index < -0.39 is 0 Å². The summed E-state index contributed by atoms with van der Waals surface area (Å²) in [5.41, 5.74) is 4.41. The summed E-state index contributed by atoms with van der Waals surface area (Å²) in [6.45, 7) is 12.4. The molecule has 3 atom stereocenters. The molecule has 1 aliphatic heterocycles. The second-order valence-electron chi connectivity index (χ2n) is 9.78. The van der Waals surface area contributed by atoms with Crippen molar-refractivity contribution in [3.63, 3.8) is 0 Å². The standard InChI is InChI=1S/C28H41NO3S/c1-5-6-7-10-21-16-25(30)27(24-15-20(4)12-13-23(24)19(2)3)26(17-21)32-28(33)29-14-9-8-11-22-18-31-22/h15-17,22-24,30H,2,5-14,18H2,1,3-4H3,(H,29,33)/t22?,23-,24+/m0/s1. The van der Waals surface area contributed by atoms with Crippen LogP contribution in [0.4, 0.5) is 0 Å². The van der Waals surface area contributed by atoms with Gasteiger partial charge in [-0.15, -0.1) is 0 Å². The normalized spacial score (nSPS) is 21.9. The number of hydrogen-bond acceptors (Lipinski definition) is 4. The third kappa shape index (κ3) is 7.86. The molecule has 1 fully saturated rings. The lowest BCUT2D eigenvalue weighted by Crippen LogP contribution is -2.28. The first-order chi connectivity index (χ1) is 15.9. The Morgan fingerprint density at radius 1 is 1.27 bits per heavy atom. The Morgan fingerprint density at radius 3 is 2.76 bits per heavy atom. The molecule has 2 aliphatic rings. The molecule has 4 nitrogen and oxygen atoms in total. The molecule has 0 radical (unpaired) electrons. The van der Waals surface area contributed by atoms with E-state index in [-0.39, 0.29) is 11.8 Å². The first-order valence-electron chi connectivity index (χ1n) is 12.6. The van der Waals surface area contributed by atoms with Crippen molar-refractivity contribution in [3.8, 4) is 11.5 Å². The molecule has 1 aromatic rings. The highest BCUT2D eigenvalue weighted by Gasteiger charge is 2.31. The van der Waals surface area contributed by atoms with E-state index in [9.17, 15) is 5.11 Å². The van der Waals surface area contributed by atoms with Crippen LogP contribution in [0.15, 0.2) is 35.9 Å². The third-order valence-electron chi connectivity index (χ3n) is 6.79. The lowest BCUT2D eigenvalue weighted by molar-refractivity contribution is 0.389. The molecule has 1 heterocycles. The van der Waals surface area contributed by atoms with Crippen molar-refractivity contribution >= 4 is 17.4 Å². The fourth-order valence-corrected chi connectivity index (χ4v) is 4.97. The van der Waals surface area contributed by atoms with Gasteiger partial charge in [0.1, 0.15) is 11.5 Å². The predicted octanol–water partition coefficient (Wildman–Crippen LogP) is 6.96. The summed E-state index contributed by atoms with van der Waals surface area (Å²) in [5.74, 6) is 1.29. The minimum absolute atomic E-state index is 0.0392. The molecular weight excluding hydrogens is 430 g/mol. The predicted molar refractivity (Wildman–Crippen MR) is 140 cm³/mol. The molecule has 1 aliphatic carbocycles. The SMILES string of the molecule is C=C(C)[C@@H]1CCC(C)=C[C@H]1c1c(O)cc(CCCCC)cc1OC(=S)NCCCCC1CO1. The number of allylic oxidation sites excluding steroid dienone is 3. The molecule has 1 unspecified atom stereocenters. The second-order valence-corrected chi connectivity index (χ2v) is 10.2. The van der Waals surface area contributed by atoms with E-state index in [1.807, 2.05) is 6.07 Å². The lowest BCUT2D eigenvalue weighted by atomic mass is 9.73. The van der Waals surface area contributed by atoms with Gasteiger partial charge in [-0.2, -0.15) is 0 Å². The number of unbranched alkanes of at least 4 members (excludes halogenated alkanes) is 3. The van der Waals surface area contributed by atoms with Gasteiger partial charge in [0.25, 0.3) is 5.17 Å². The van der Waals surface area contributed by atoms with E-state index in [0.29, 0.717) is 22.8 Å². The van der Waals surface area contributed by atoms with Crippen LogP contribution in [0.1, 0.15) is 89.2 Å². The van der Waals surface area contributed by atoms with Gasteiger partial charge in [-0.05, 0) is 94.6 Å². The minimum atomic E-state index is 0.0392. The minimum Gasteiger partial charge on any atom is -0.507 e. The van der Waals surface area contributed by atoms with E-state index in [2.05, 4.69) is 44.8 Å². The van der Waals surface area contributed by atoms with Crippen molar-refractivity contribution in [2.75, 3.05) is 13.2 Å². The molecule has 0 amide bonds. The first-order valence-corrected chi connectivity index (χ1v) is 13.1. The summed E-state index contributed by atoms with van der Waals surface area (Å²) < 4.78 is 11.5. The molecule has 5 heteroatoms. The Kier molecular flexibility index (Phi) is 9.81. The largest absolute Gasteiger partial charge is 0.507 e. The van der Waals surface area contributed by atoms with Crippen molar-refractivity contribution < 1.29 is 14.6 Å². The van der Waals surface area contributed by atoms with Gasteiger partial charge in [-0.1, -0.05) is 43.6 Å². The maximum atomic E-state index is 11.2. The average molecular weight is 472 g/mol. The maximum absolute atomic E-state index is 11.2. The number of phenolic OH excluding ortho intramolecular Hbond substituents is 1. The maximum Gasteiger partial charge on any atom is 0.262 e. The molecular formula is C28H41NO3S. The average Bonchev–Trinajstić information content (AvgIpc) is 3.57. The summed E-state index contributed by atoms with van der Waals surface area (Å²) in [6.07, 6.45) is 12.5. The van der Waals surface area contributed by atoms with Crippen LogP contribution < -0.4 is 10.1 Å². The summed E-state index contributed by atoms with van der Waals surface area (Å²) in [7, 11) is 0. The van der Waals surface area contributed by atoms with Gasteiger partial charge in [-0.3, -0.25) is 0 Å². The number of benzene rings is 1. The Balaban J connectivity index is 1.78. The number of rotatable bonds is 12. The summed E-state index contributed by atoms with van der Waals surface area (Å²) in [4.78, 5) is 0. The Labute approximate surface area is 205 Å². The smallest absolute Gasteiger partial charge is 0.262 e. The van der Waals surface area contributed by atoms with Crippen molar-refractivity contribution in [2.45, 2.75) is 90.6 Å². The zero-order valence-corrected chi connectivity index (χ0v) is 21.4. The molecule has 2 N–H and O–H groups in total. The van der Waals surface area contributed by atoms with Crippen LogP contribution in [0.3, 0.4) is 0 Å². The number of epoxide rings is 1. The van der Waals surface area contributed by atoms with E-state index in [1.54, 1.807) is 0 Å². The number of aryl methyl sites for hydroxylation is 1. The quantitative estimate of drug-likeness (QED) is 0.149. The van der Waals surface area contributed by atoms with Crippen LogP contribution in [-0.4, -0.2) is 29.5 Å². The molecule has 3 rings (SSSR count). The van der Waals surface area contributed by atoms with Gasteiger partial charge in [0.15, 0.2) is 0 Å². The number of ether oxygens (including phenoxy) is 2. The van der Waals surface area contributed by atoms with Crippen LogP contribution in [0.5, 0.6) is 11.5 Å². The molecule has 182 valence electrons. The van der Waals surface area contributed by atoms with Crippen LogP contribution in [0, 0.1) is 5.92 Å². The highest BCUT2D eigenvalue weighted by molar-refractivity contribution is 7.80. The van der Waals surface area contributed by atoms with Gasteiger partial charge in [0.05, 0.1) is 12.7 Å². The van der Waals surface area contributed by atoms with Crippen LogP contribution in [-0.2, 0) is 11.2 Å². The molecule has 0 aromatic heterocycles. The van der Waals surface area contributed by atoms with E-state index in [4.69, 9.17) is 21.7 Å². The number of nitrogens with one attached hydrogen (secondary N) is 1. The monoisotopic (exact) mass is 471 g/mol. The van der Waals surface area contributed by atoms with Crippen LogP contribution in [0.25, 0.3) is 0 Å². The van der Waals surface area contributed by atoms with Crippen molar-refractivity contribution in [1.29, 1.82) is 0 Å². The molecule has 0 spiro atoms. The Bertz CT molecular complexity index is 859. The van der Waals surface area contributed by atoms with Crippen LogP contribution in [0.2, 0.25) is 0 Å². The number of aromatic hydroxyl groups is 1. The summed E-state index contributed by atoms with van der Waals surface area (Å²) in [6, 6.07) is 4.00. The molecule has 0 bridgehead atoms. The molecule has 1 aromatic carbocycles. The lowest BCUT2D eigenvalue weighted by Gasteiger charge is -2.32. The van der Waals surface area contributed by atoms with Crippen molar-refractivity contribution in [3.05, 3.63) is 47.1 Å². The number of hydrogen-bond donors (Lipinski definition) is 2. The van der Waals surface area contributed by atoms with Gasteiger partial charge >= 0.3 is 0 Å². The fourth-order valence-electron chi connectivity index (χ4n) is 4.77. The third-order valence-corrected chi connectivity index (χ3v) is 7.02. The number of thiocarbonyl (C=S) groups is 1. The first kappa shape index (κ1) is 25.8. The van der Waals surface area contributed by atoms with E-state index in [1.165, 1.54) is 18.4 Å². The van der Waals surface area contributed by atoms with Gasteiger partial charge in [0, 0.05) is 18.0 Å². The zero-order valence-electron chi connectivity index (χ0n) is 20.6. The van der Waals surface area contributed by atoms with Crippen molar-refractivity contribution in [1.82, 2.24) is 5.32 Å². The van der Waals surface area contributed by atoms with E-state index in [0.717, 1.165) is 74.8 Å². The highest BCUT2D eigenvalue weighted by Crippen LogP contribution is 2.47. The zero-order chi connectivity index (χ0) is 23.8. The number of phenols is 1. The molecule has 0 saturated carbocycles. The summed E-state index contributed by atoms with van der Waals surface area (Å²) >= 11 is 5.53. The molecule has 33 heavy (non-hydrogen) atoms. The van der Waals surface area contributed by atoms with Crippen molar-refractivity contribution in [2.24, 2.45) is 5.92 Å². The van der Waals surface area contributed by atoms with Gasteiger partial charge in [-0.25, -0.2) is 0 Å². The van der Waals surface area contributed by atoms with Gasteiger partial charge < -0.3 is 19.9 Å². The topological polar surface area (TPSA) is 54.0 Å².